The van der Waals surface area contributed by atoms with Gasteiger partial charge in [-0.25, -0.2) is 9.18 Å². The average molecular weight is 232 g/mol. The third kappa shape index (κ3) is 3.63. The number of alkyl halides is 1. The molecule has 16 heavy (non-hydrogen) atoms. The number of hydrogen-bond acceptors (Lipinski definition) is 3. The van der Waals surface area contributed by atoms with Gasteiger partial charge in [-0.1, -0.05) is 0 Å². The van der Waals surface area contributed by atoms with Crippen LogP contribution in [-0.4, -0.2) is 36.5 Å². The fraction of sp³-hybridized carbons (Fsp3) is 0.909. The topological polar surface area (TPSA) is 50.4 Å². The van der Waals surface area contributed by atoms with Crippen LogP contribution in [0.5, 0.6) is 0 Å². The zero-order valence-corrected chi connectivity index (χ0v) is 10.4. The average Bonchev–Trinajstić information content (AvgIpc) is 2.06. The van der Waals surface area contributed by atoms with Gasteiger partial charge in [0.2, 0.25) is 0 Å². The van der Waals surface area contributed by atoms with Gasteiger partial charge in [0.15, 0.2) is 0 Å². The van der Waals surface area contributed by atoms with Gasteiger partial charge in [0.1, 0.15) is 11.8 Å². The molecule has 0 saturated carbocycles. The third-order valence-electron chi connectivity index (χ3n) is 2.54. The van der Waals surface area contributed by atoms with E-state index < -0.39 is 23.4 Å². The van der Waals surface area contributed by atoms with Gasteiger partial charge < -0.3 is 15.4 Å². The number of alkyl carbamates (subject to hydrolysis) is 1. The van der Waals surface area contributed by atoms with E-state index in [-0.39, 0.29) is 0 Å². The van der Waals surface area contributed by atoms with Crippen LogP contribution in [0.1, 0.15) is 34.1 Å². The minimum atomic E-state index is -1.04. The van der Waals surface area contributed by atoms with Crippen molar-refractivity contribution in [2.75, 3.05) is 13.1 Å². The summed E-state index contributed by atoms with van der Waals surface area (Å²) in [6, 6.07) is 0. The fourth-order valence-corrected chi connectivity index (χ4v) is 1.67. The first-order chi connectivity index (χ1) is 7.23. The van der Waals surface area contributed by atoms with Crippen LogP contribution in [-0.2, 0) is 4.74 Å². The van der Waals surface area contributed by atoms with Gasteiger partial charge in [0.05, 0.1) is 5.54 Å². The van der Waals surface area contributed by atoms with Crippen LogP contribution in [0.2, 0.25) is 0 Å². The zero-order chi connectivity index (χ0) is 12.4. The summed E-state index contributed by atoms with van der Waals surface area (Å²) in [7, 11) is 0. The summed E-state index contributed by atoms with van der Waals surface area (Å²) in [4.78, 5) is 11.5. The van der Waals surface area contributed by atoms with Crippen LogP contribution in [0.25, 0.3) is 0 Å². The van der Waals surface area contributed by atoms with Crippen LogP contribution < -0.4 is 10.6 Å². The van der Waals surface area contributed by atoms with Crippen LogP contribution in [0, 0.1) is 0 Å². The van der Waals surface area contributed by atoms with Crippen molar-refractivity contribution in [3.8, 4) is 0 Å². The zero-order valence-electron chi connectivity index (χ0n) is 10.4. The minimum Gasteiger partial charge on any atom is -0.444 e. The van der Waals surface area contributed by atoms with Crippen LogP contribution >= 0.6 is 0 Å². The molecule has 0 bridgehead atoms. The molecule has 2 unspecified atom stereocenters. The molecule has 1 saturated heterocycles. The van der Waals surface area contributed by atoms with Crippen molar-refractivity contribution in [2.45, 2.75) is 51.4 Å². The van der Waals surface area contributed by atoms with Gasteiger partial charge in [-0.15, -0.1) is 0 Å². The first-order valence-electron chi connectivity index (χ1n) is 5.59. The second-order valence-corrected chi connectivity index (χ2v) is 5.48. The van der Waals surface area contributed by atoms with Crippen molar-refractivity contribution in [3.05, 3.63) is 0 Å². The summed E-state index contributed by atoms with van der Waals surface area (Å²) in [6.07, 6.45) is -1.20. The number of piperidine rings is 1. The van der Waals surface area contributed by atoms with Crippen LogP contribution in [0.4, 0.5) is 9.18 Å². The molecule has 1 aliphatic rings. The fourth-order valence-electron chi connectivity index (χ4n) is 1.67. The van der Waals surface area contributed by atoms with E-state index in [9.17, 15) is 9.18 Å². The Morgan fingerprint density at radius 3 is 2.69 bits per heavy atom. The van der Waals surface area contributed by atoms with Crippen molar-refractivity contribution >= 4 is 6.09 Å². The van der Waals surface area contributed by atoms with Crippen molar-refractivity contribution in [1.82, 2.24) is 10.6 Å². The van der Waals surface area contributed by atoms with E-state index >= 15 is 0 Å². The Bertz CT molecular complexity index is 265. The van der Waals surface area contributed by atoms with Gasteiger partial charge in [0, 0.05) is 6.54 Å². The molecule has 2 atom stereocenters. The Morgan fingerprint density at radius 1 is 1.56 bits per heavy atom. The van der Waals surface area contributed by atoms with Crippen molar-refractivity contribution < 1.29 is 13.9 Å². The van der Waals surface area contributed by atoms with Gasteiger partial charge in [-0.3, -0.25) is 0 Å². The Labute approximate surface area is 95.9 Å². The highest BCUT2D eigenvalue weighted by Gasteiger charge is 2.39. The number of rotatable bonds is 1. The first kappa shape index (κ1) is 13.2. The highest BCUT2D eigenvalue weighted by Crippen LogP contribution is 2.20. The van der Waals surface area contributed by atoms with E-state index in [0.29, 0.717) is 19.5 Å². The van der Waals surface area contributed by atoms with E-state index in [1.54, 1.807) is 27.7 Å². The van der Waals surface area contributed by atoms with E-state index in [1.807, 2.05) is 0 Å². The normalized spacial score (nSPS) is 30.9. The third-order valence-corrected chi connectivity index (χ3v) is 2.54. The highest BCUT2D eigenvalue weighted by atomic mass is 19.1. The number of carbonyl (C=O) groups excluding carboxylic acids is 1. The highest BCUT2D eigenvalue weighted by molar-refractivity contribution is 5.69. The molecule has 0 aliphatic carbocycles. The number of amides is 1. The maximum Gasteiger partial charge on any atom is 0.408 e. The second kappa shape index (κ2) is 4.57. The monoisotopic (exact) mass is 232 g/mol. The molecule has 1 heterocycles. The quantitative estimate of drug-likeness (QED) is 0.722. The molecule has 1 rings (SSSR count). The first-order valence-corrected chi connectivity index (χ1v) is 5.59. The Morgan fingerprint density at radius 2 is 2.19 bits per heavy atom. The van der Waals surface area contributed by atoms with Gasteiger partial charge in [-0.2, -0.15) is 0 Å². The lowest BCUT2D eigenvalue weighted by Gasteiger charge is -2.38. The summed E-state index contributed by atoms with van der Waals surface area (Å²) >= 11 is 0. The molecule has 0 radical (unpaired) electrons. The number of ether oxygens (including phenoxy) is 1. The molecule has 1 fully saturated rings. The lowest BCUT2D eigenvalue weighted by molar-refractivity contribution is 0.0353. The Kier molecular flexibility index (Phi) is 3.78. The Hall–Kier alpha value is -0.840. The van der Waals surface area contributed by atoms with Gasteiger partial charge >= 0.3 is 6.09 Å². The smallest absolute Gasteiger partial charge is 0.408 e. The van der Waals surface area contributed by atoms with Crippen molar-refractivity contribution in [2.24, 2.45) is 0 Å². The summed E-state index contributed by atoms with van der Waals surface area (Å²) in [5.41, 5.74) is -1.44. The van der Waals surface area contributed by atoms with E-state index in [0.717, 1.165) is 0 Å². The molecule has 1 amide bonds. The molecule has 0 spiro atoms. The molecule has 5 heteroatoms. The molecular formula is C11H21FN2O2. The van der Waals surface area contributed by atoms with Crippen LogP contribution in [0.3, 0.4) is 0 Å². The number of carbonyl (C=O) groups is 1. The molecule has 0 aromatic rings. The predicted molar refractivity (Wildman–Crippen MR) is 60.2 cm³/mol. The molecule has 2 N–H and O–H groups in total. The molecule has 4 nitrogen and oxygen atoms in total. The molecular weight excluding hydrogens is 211 g/mol. The second-order valence-electron chi connectivity index (χ2n) is 5.48. The van der Waals surface area contributed by atoms with Gasteiger partial charge in [0.25, 0.3) is 0 Å². The van der Waals surface area contributed by atoms with E-state index in [4.69, 9.17) is 4.74 Å². The molecule has 1 aliphatic heterocycles. The molecule has 0 aromatic heterocycles. The van der Waals surface area contributed by atoms with E-state index in [2.05, 4.69) is 10.6 Å². The summed E-state index contributed by atoms with van der Waals surface area (Å²) in [5.74, 6) is 0. The SMILES string of the molecule is CC(C)(C)OC(=O)NC1(C)CNCCC1F. The maximum atomic E-state index is 13.7. The summed E-state index contributed by atoms with van der Waals surface area (Å²) < 4.78 is 18.8. The van der Waals surface area contributed by atoms with Gasteiger partial charge in [-0.05, 0) is 40.7 Å². The minimum absolute atomic E-state index is 0.409. The molecule has 94 valence electrons. The number of halogens is 1. The van der Waals surface area contributed by atoms with E-state index in [1.165, 1.54) is 0 Å². The lowest BCUT2D eigenvalue weighted by Crippen LogP contribution is -2.62. The Balaban J connectivity index is 2.54. The number of nitrogens with one attached hydrogen (secondary N) is 2. The lowest BCUT2D eigenvalue weighted by atomic mass is 9.90. The summed E-state index contributed by atoms with van der Waals surface area (Å²) in [6.45, 7) is 8.09. The largest absolute Gasteiger partial charge is 0.444 e. The predicted octanol–water partition coefficient (Wildman–Crippen LogP) is 1.60. The van der Waals surface area contributed by atoms with Crippen molar-refractivity contribution in [1.29, 1.82) is 0 Å². The maximum absolute atomic E-state index is 13.7. The van der Waals surface area contributed by atoms with Crippen LogP contribution in [0.15, 0.2) is 0 Å². The summed E-state index contributed by atoms with van der Waals surface area (Å²) in [5, 5.41) is 5.67. The standard InChI is InChI=1S/C11H21FN2O2/c1-10(2,3)16-9(15)14-11(4)7-13-6-5-8(11)12/h8,13H,5-7H2,1-4H3,(H,14,15). The number of hydrogen-bond donors (Lipinski definition) is 2. The molecule has 0 aromatic carbocycles. The van der Waals surface area contributed by atoms with Crippen molar-refractivity contribution in [3.63, 3.8) is 0 Å².